The third-order valence-corrected chi connectivity index (χ3v) is 9.73. The van der Waals surface area contributed by atoms with E-state index in [9.17, 15) is 19.2 Å². The van der Waals surface area contributed by atoms with Gasteiger partial charge in [0.2, 0.25) is 0 Å². The Kier molecular flexibility index (Phi) is 29.8. The van der Waals surface area contributed by atoms with Gasteiger partial charge >= 0.3 is 23.9 Å². The van der Waals surface area contributed by atoms with Gasteiger partial charge in [0.15, 0.2) is 0 Å². The van der Waals surface area contributed by atoms with Crippen LogP contribution in [0.1, 0.15) is 194 Å². The normalized spacial score (nSPS) is 17.2. The first-order valence-electron chi connectivity index (χ1n) is 20.8. The maximum Gasteiger partial charge on any atom is 0.378 e. The summed E-state index contributed by atoms with van der Waals surface area (Å²) in [6, 6.07) is 0. The summed E-state index contributed by atoms with van der Waals surface area (Å²) >= 11 is 0. The van der Waals surface area contributed by atoms with Crippen molar-refractivity contribution < 1.29 is 38.7 Å². The molecule has 0 heterocycles. The van der Waals surface area contributed by atoms with Gasteiger partial charge in [0.25, 0.3) is 0 Å². The van der Waals surface area contributed by atoms with Gasteiger partial charge in [-0.3, -0.25) is 0 Å². The van der Waals surface area contributed by atoms with Crippen molar-refractivity contribution in [2.24, 2.45) is 17.8 Å². The first-order valence-corrected chi connectivity index (χ1v) is 20.8. The summed E-state index contributed by atoms with van der Waals surface area (Å²) in [6.45, 7) is 6.59. The lowest BCUT2D eigenvalue weighted by Crippen LogP contribution is -2.30. The molecule has 0 bridgehead atoms. The predicted molar refractivity (Wildman–Crippen MR) is 204 cm³/mol. The molecule has 51 heavy (non-hydrogen) atoms. The Morgan fingerprint density at radius 1 is 0.529 bits per heavy atom. The average Bonchev–Trinajstić information content (AvgIpc) is 3.13. The van der Waals surface area contributed by atoms with Gasteiger partial charge in [-0.05, 0) is 63.2 Å². The molecule has 0 aliphatic heterocycles. The molecule has 1 aliphatic carbocycles. The summed E-state index contributed by atoms with van der Waals surface area (Å²) in [4.78, 5) is 68.3. The molecule has 1 aliphatic rings. The molecule has 0 aromatic rings. The molecule has 0 N–H and O–H groups in total. The van der Waals surface area contributed by atoms with Gasteiger partial charge < -0.3 is 0 Å². The van der Waals surface area contributed by atoms with Crippen molar-refractivity contribution in [2.45, 2.75) is 194 Å². The van der Waals surface area contributed by atoms with Crippen LogP contribution < -0.4 is 0 Å². The quantitative estimate of drug-likeness (QED) is 0.0238. The Balaban J connectivity index is 2.31. The number of allylic oxidation sites excluding steroid dienone is 4. The molecule has 0 fully saturated rings. The number of unbranched alkanes of at least 4 members (excludes halogenated alkanes) is 19. The Labute approximate surface area is 310 Å². The monoisotopic (exact) mass is 717 g/mol. The molecule has 8 heteroatoms. The predicted octanol–water partition coefficient (Wildman–Crippen LogP) is 12.1. The molecule has 0 aromatic heterocycles. The second-order valence-corrected chi connectivity index (χ2v) is 14.4. The Morgan fingerprint density at radius 2 is 1.00 bits per heavy atom. The van der Waals surface area contributed by atoms with Crippen LogP contribution in [0.5, 0.6) is 0 Å². The second-order valence-electron chi connectivity index (χ2n) is 14.4. The zero-order valence-corrected chi connectivity index (χ0v) is 32.6. The van der Waals surface area contributed by atoms with E-state index < -0.39 is 23.9 Å². The Morgan fingerprint density at radius 3 is 1.59 bits per heavy atom. The van der Waals surface area contributed by atoms with Crippen LogP contribution in [-0.2, 0) is 38.7 Å². The molecule has 0 saturated carbocycles. The van der Waals surface area contributed by atoms with E-state index in [0.717, 1.165) is 96.3 Å². The van der Waals surface area contributed by atoms with Crippen molar-refractivity contribution in [3.05, 3.63) is 36.5 Å². The van der Waals surface area contributed by atoms with Crippen LogP contribution in [0.15, 0.2) is 36.5 Å². The van der Waals surface area contributed by atoms with E-state index in [1.165, 1.54) is 69.9 Å². The number of rotatable bonds is 30. The lowest BCUT2D eigenvalue weighted by Gasteiger charge is -2.30. The number of hydrogen-bond acceptors (Lipinski definition) is 8. The fraction of sp³-hybridized carbons (Fsp3) is 0.767. The molecule has 292 valence electrons. The van der Waals surface area contributed by atoms with Crippen LogP contribution in [0.4, 0.5) is 0 Å². The number of hydrogen-bond donors (Lipinski definition) is 0. The number of carbonyl (C=O) groups is 4. The lowest BCUT2D eigenvalue weighted by atomic mass is 9.75. The minimum Gasteiger partial charge on any atom is -0.247 e. The molecular weight excluding hydrogens is 644 g/mol. The van der Waals surface area contributed by atoms with Crippen molar-refractivity contribution in [3.8, 4) is 0 Å². The average molecular weight is 717 g/mol. The minimum atomic E-state index is -0.656. The van der Waals surface area contributed by atoms with E-state index in [0.29, 0.717) is 12.8 Å². The topological polar surface area (TPSA) is 105 Å². The van der Waals surface area contributed by atoms with E-state index >= 15 is 0 Å². The zero-order chi connectivity index (χ0) is 37.2. The maximum atomic E-state index is 13.1. The summed E-state index contributed by atoms with van der Waals surface area (Å²) in [6.07, 6.45) is 38.6. The van der Waals surface area contributed by atoms with Crippen molar-refractivity contribution in [1.82, 2.24) is 0 Å². The van der Waals surface area contributed by atoms with Crippen LogP contribution in [0, 0.1) is 17.8 Å². The highest BCUT2D eigenvalue weighted by molar-refractivity contribution is 5.83. The fourth-order valence-corrected chi connectivity index (χ4v) is 6.58. The highest BCUT2D eigenvalue weighted by Gasteiger charge is 2.34. The molecule has 0 amide bonds. The smallest absolute Gasteiger partial charge is 0.247 e. The van der Waals surface area contributed by atoms with Gasteiger partial charge in [-0.25, -0.2) is 38.7 Å². The molecule has 3 atom stereocenters. The molecule has 0 aromatic carbocycles. The molecule has 0 spiro atoms. The van der Waals surface area contributed by atoms with Crippen LogP contribution in [0.3, 0.4) is 0 Å². The molecular formula is C43H72O8. The van der Waals surface area contributed by atoms with E-state index in [-0.39, 0.29) is 24.2 Å². The van der Waals surface area contributed by atoms with Crippen LogP contribution >= 0.6 is 0 Å². The summed E-state index contributed by atoms with van der Waals surface area (Å²) in [5.41, 5.74) is 0. The summed E-state index contributed by atoms with van der Waals surface area (Å²) < 4.78 is 0. The van der Waals surface area contributed by atoms with Gasteiger partial charge in [0.05, 0.1) is 12.3 Å². The van der Waals surface area contributed by atoms with E-state index in [1.807, 2.05) is 0 Å². The largest absolute Gasteiger partial charge is 0.378 e. The van der Waals surface area contributed by atoms with Crippen LogP contribution in [0.25, 0.3) is 0 Å². The summed E-state index contributed by atoms with van der Waals surface area (Å²) in [5, 5.41) is 0. The van der Waals surface area contributed by atoms with E-state index in [1.54, 1.807) is 12.2 Å². The Bertz CT molecular complexity index is 1000. The van der Waals surface area contributed by atoms with Crippen molar-refractivity contribution >= 4 is 23.9 Å². The van der Waals surface area contributed by atoms with E-state index in [2.05, 4.69) is 42.7 Å². The van der Waals surface area contributed by atoms with Gasteiger partial charge in [0.1, 0.15) is 0 Å². The summed E-state index contributed by atoms with van der Waals surface area (Å²) in [5.74, 6) is -2.24. The van der Waals surface area contributed by atoms with Gasteiger partial charge in [-0.2, -0.15) is 0 Å². The van der Waals surface area contributed by atoms with Gasteiger partial charge in [-0.15, -0.1) is 0 Å². The summed E-state index contributed by atoms with van der Waals surface area (Å²) in [7, 11) is 0. The second kappa shape index (κ2) is 33.0. The molecule has 3 unspecified atom stereocenters. The first kappa shape index (κ1) is 46.1. The highest BCUT2D eigenvalue weighted by atomic mass is 17.2. The van der Waals surface area contributed by atoms with E-state index in [4.69, 9.17) is 9.78 Å². The van der Waals surface area contributed by atoms with Crippen molar-refractivity contribution in [3.63, 3.8) is 0 Å². The zero-order valence-electron chi connectivity index (χ0n) is 32.6. The number of carbonyl (C=O) groups excluding carboxylic acids is 4. The van der Waals surface area contributed by atoms with Crippen molar-refractivity contribution in [1.29, 1.82) is 0 Å². The molecule has 0 radical (unpaired) electrons. The standard InChI is InChI=1S/C43H72O8/c1-4-7-10-13-15-17-21-26-31-40(44)48-49-41(45)32-28-23-19-20-24-29-37-34-35-38(30-25-12-9-6-3)39(36-37)43(47)51-50-42(46)33-27-22-18-16-14-11-8-5-2/h26-27,31,33-35,37-39H,4-25,28-30,32,36H2,1-3H3. The lowest BCUT2D eigenvalue weighted by molar-refractivity contribution is -0.259. The minimum absolute atomic E-state index is 0.0905. The Hall–Kier alpha value is -2.90. The fourth-order valence-electron chi connectivity index (χ4n) is 6.58. The molecule has 0 saturated heterocycles. The van der Waals surface area contributed by atoms with Crippen LogP contribution in [0.2, 0.25) is 0 Å². The van der Waals surface area contributed by atoms with Crippen LogP contribution in [-0.4, -0.2) is 23.9 Å². The van der Waals surface area contributed by atoms with Crippen molar-refractivity contribution in [2.75, 3.05) is 0 Å². The third kappa shape index (κ3) is 26.5. The third-order valence-electron chi connectivity index (χ3n) is 9.73. The molecule has 1 rings (SSSR count). The SMILES string of the molecule is CCCCCCCCC=CC(=O)OOC(=O)CCCCCCCC1C=CC(CCCCCC)C(C(=O)OOC(=O)C=CCCCCCCCC)C1. The van der Waals surface area contributed by atoms with Gasteiger partial charge in [0, 0.05) is 12.2 Å². The van der Waals surface area contributed by atoms with Gasteiger partial charge in [-0.1, -0.05) is 161 Å². The maximum absolute atomic E-state index is 13.1. The first-order chi connectivity index (χ1) is 24.9. The molecule has 8 nitrogen and oxygen atoms in total. The highest BCUT2D eigenvalue weighted by Crippen LogP contribution is 2.35.